The van der Waals surface area contributed by atoms with Crippen molar-refractivity contribution in [1.29, 1.82) is 0 Å². The van der Waals surface area contributed by atoms with Crippen LogP contribution in [-0.2, 0) is 0 Å². The molecule has 2 aliphatic rings. The zero-order chi connectivity index (χ0) is 9.38. The predicted molar refractivity (Wildman–Crippen MR) is 58.3 cm³/mol. The van der Waals surface area contributed by atoms with E-state index >= 15 is 0 Å². The smallest absolute Gasteiger partial charge is 0.0164 e. The molecule has 0 radical (unpaired) electrons. The molecule has 0 amide bonds. The first-order chi connectivity index (χ1) is 6.95. The Morgan fingerprint density at radius 2 is 1.86 bits per heavy atom. The van der Waals surface area contributed by atoms with Crippen molar-refractivity contribution < 1.29 is 0 Å². The molecule has 1 unspecified atom stereocenters. The molecule has 74 valence electrons. The van der Waals surface area contributed by atoms with E-state index in [2.05, 4.69) is 35.6 Å². The first-order valence-electron chi connectivity index (χ1n) is 5.73. The van der Waals surface area contributed by atoms with Gasteiger partial charge >= 0.3 is 0 Å². The Morgan fingerprint density at radius 1 is 1.00 bits per heavy atom. The third kappa shape index (κ3) is 1.27. The second-order valence-corrected chi connectivity index (χ2v) is 4.62. The van der Waals surface area contributed by atoms with E-state index in [1.165, 1.54) is 31.4 Å². The maximum Gasteiger partial charge on any atom is 0.0164 e. The zero-order valence-corrected chi connectivity index (χ0v) is 8.45. The van der Waals surface area contributed by atoms with Crippen LogP contribution >= 0.6 is 0 Å². The molecule has 1 saturated heterocycles. The van der Waals surface area contributed by atoms with Crippen molar-refractivity contribution in [3.8, 4) is 0 Å². The lowest BCUT2D eigenvalue weighted by molar-refractivity contribution is 0.486. The van der Waals surface area contributed by atoms with Crippen molar-refractivity contribution in [2.75, 3.05) is 6.54 Å². The van der Waals surface area contributed by atoms with E-state index in [0.29, 0.717) is 0 Å². The minimum atomic E-state index is 0.775. The fourth-order valence-corrected chi connectivity index (χ4v) is 3.22. The van der Waals surface area contributed by atoms with Crippen LogP contribution in [0.1, 0.15) is 30.7 Å². The van der Waals surface area contributed by atoms with Gasteiger partial charge in [0.05, 0.1) is 0 Å². The molecule has 0 spiro atoms. The highest BCUT2D eigenvalue weighted by atomic mass is 15.0. The van der Waals surface area contributed by atoms with Gasteiger partial charge in [-0.05, 0) is 43.2 Å². The Bertz CT molecular complexity index is 306. The lowest BCUT2D eigenvalue weighted by atomic mass is 9.92. The average molecular weight is 187 g/mol. The summed E-state index contributed by atoms with van der Waals surface area (Å²) in [6.07, 6.45) is 4.21. The van der Waals surface area contributed by atoms with E-state index in [4.69, 9.17) is 0 Å². The van der Waals surface area contributed by atoms with Crippen molar-refractivity contribution in [3.63, 3.8) is 0 Å². The Kier molecular flexibility index (Phi) is 2.06. The van der Waals surface area contributed by atoms with Crippen molar-refractivity contribution in [2.24, 2.45) is 5.92 Å². The van der Waals surface area contributed by atoms with Gasteiger partial charge in [-0.2, -0.15) is 0 Å². The molecule has 0 aromatic heterocycles. The van der Waals surface area contributed by atoms with Gasteiger partial charge in [-0.3, -0.25) is 0 Å². The molecule has 3 atom stereocenters. The minimum Gasteiger partial charge on any atom is -0.313 e. The average Bonchev–Trinajstić information content (AvgIpc) is 2.79. The largest absolute Gasteiger partial charge is 0.313 e. The van der Waals surface area contributed by atoms with Crippen molar-refractivity contribution >= 4 is 0 Å². The second kappa shape index (κ2) is 3.39. The zero-order valence-electron chi connectivity index (χ0n) is 8.45. The van der Waals surface area contributed by atoms with Gasteiger partial charge in [0, 0.05) is 6.04 Å². The first-order valence-corrected chi connectivity index (χ1v) is 5.73. The molecule has 1 aromatic rings. The lowest BCUT2D eigenvalue weighted by Gasteiger charge is -2.19. The molecule has 1 heteroatoms. The Labute approximate surface area is 85.5 Å². The summed E-state index contributed by atoms with van der Waals surface area (Å²) in [5.41, 5.74) is 1.54. The van der Waals surface area contributed by atoms with Crippen LogP contribution in [-0.4, -0.2) is 12.6 Å². The summed E-state index contributed by atoms with van der Waals surface area (Å²) in [7, 11) is 0. The molecule has 0 bridgehead atoms. The Morgan fingerprint density at radius 3 is 2.71 bits per heavy atom. The van der Waals surface area contributed by atoms with Crippen LogP contribution in [0.2, 0.25) is 0 Å². The number of hydrogen-bond acceptors (Lipinski definition) is 1. The molecule has 3 rings (SSSR count). The van der Waals surface area contributed by atoms with Crippen LogP contribution in [0, 0.1) is 5.92 Å². The van der Waals surface area contributed by atoms with Crippen LogP contribution < -0.4 is 5.32 Å². The quantitative estimate of drug-likeness (QED) is 0.712. The van der Waals surface area contributed by atoms with E-state index in [9.17, 15) is 0 Å². The molecule has 1 aromatic carbocycles. The second-order valence-electron chi connectivity index (χ2n) is 4.62. The summed E-state index contributed by atoms with van der Waals surface area (Å²) in [5.74, 6) is 1.74. The third-order valence-electron chi connectivity index (χ3n) is 3.91. The molecule has 2 fully saturated rings. The van der Waals surface area contributed by atoms with Crippen LogP contribution in [0.15, 0.2) is 30.3 Å². The molecule has 1 aliphatic heterocycles. The van der Waals surface area contributed by atoms with Gasteiger partial charge in [0.1, 0.15) is 0 Å². The van der Waals surface area contributed by atoms with Crippen LogP contribution in [0.25, 0.3) is 0 Å². The van der Waals surface area contributed by atoms with Gasteiger partial charge in [-0.15, -0.1) is 0 Å². The number of benzene rings is 1. The van der Waals surface area contributed by atoms with E-state index in [-0.39, 0.29) is 0 Å². The fraction of sp³-hybridized carbons (Fsp3) is 0.538. The number of rotatable bonds is 1. The summed E-state index contributed by atoms with van der Waals surface area (Å²) in [5, 5.41) is 3.67. The van der Waals surface area contributed by atoms with Crippen LogP contribution in [0.5, 0.6) is 0 Å². The van der Waals surface area contributed by atoms with Crippen molar-refractivity contribution in [2.45, 2.75) is 31.2 Å². The fourth-order valence-electron chi connectivity index (χ4n) is 3.22. The molecular weight excluding hydrogens is 170 g/mol. The molecule has 1 nitrogen and oxygen atoms in total. The highest BCUT2D eigenvalue weighted by Crippen LogP contribution is 2.42. The lowest BCUT2D eigenvalue weighted by Crippen LogP contribution is -2.28. The maximum atomic E-state index is 3.67. The normalized spacial score (nSPS) is 35.9. The topological polar surface area (TPSA) is 12.0 Å². The predicted octanol–water partition coefficient (Wildman–Crippen LogP) is 2.54. The van der Waals surface area contributed by atoms with Crippen LogP contribution in [0.4, 0.5) is 0 Å². The maximum absolute atomic E-state index is 3.67. The molecule has 1 heterocycles. The van der Waals surface area contributed by atoms with Crippen LogP contribution in [0.3, 0.4) is 0 Å². The van der Waals surface area contributed by atoms with Gasteiger partial charge in [0.15, 0.2) is 0 Å². The Balaban J connectivity index is 1.86. The van der Waals surface area contributed by atoms with Gasteiger partial charge < -0.3 is 5.32 Å². The number of nitrogens with one attached hydrogen (secondary N) is 1. The molecular formula is C13H17N. The minimum absolute atomic E-state index is 0.775. The standard InChI is InChI=1S/C13H17N/c1-2-4-10(5-3-1)12-7-6-11-8-9-14-13(11)12/h1-5,11-14H,6-9H2/t11-,12?,13+/m1/s1. The van der Waals surface area contributed by atoms with Crippen molar-refractivity contribution in [1.82, 2.24) is 5.32 Å². The monoisotopic (exact) mass is 187 g/mol. The third-order valence-corrected chi connectivity index (χ3v) is 3.91. The van der Waals surface area contributed by atoms with E-state index < -0.39 is 0 Å². The summed E-state index contributed by atoms with van der Waals surface area (Å²) in [4.78, 5) is 0. The summed E-state index contributed by atoms with van der Waals surface area (Å²) in [6, 6.07) is 11.8. The van der Waals surface area contributed by atoms with Gasteiger partial charge in [-0.1, -0.05) is 30.3 Å². The van der Waals surface area contributed by atoms with Gasteiger partial charge in [-0.25, -0.2) is 0 Å². The highest BCUT2D eigenvalue weighted by molar-refractivity contribution is 5.24. The summed E-state index contributed by atoms with van der Waals surface area (Å²) < 4.78 is 0. The summed E-state index contributed by atoms with van der Waals surface area (Å²) >= 11 is 0. The number of fused-ring (bicyclic) bond motifs is 1. The van der Waals surface area contributed by atoms with E-state index in [0.717, 1.165) is 17.9 Å². The SMILES string of the molecule is c1ccc(C2CC[C@@H]3CCN[C@H]23)cc1. The molecule has 14 heavy (non-hydrogen) atoms. The van der Waals surface area contributed by atoms with E-state index in [1.54, 1.807) is 0 Å². The van der Waals surface area contributed by atoms with Crippen molar-refractivity contribution in [3.05, 3.63) is 35.9 Å². The molecule has 1 aliphatic carbocycles. The molecule has 1 N–H and O–H groups in total. The highest BCUT2D eigenvalue weighted by Gasteiger charge is 2.39. The summed E-state index contributed by atoms with van der Waals surface area (Å²) in [6.45, 7) is 1.23. The Hall–Kier alpha value is -0.820. The van der Waals surface area contributed by atoms with E-state index in [1.807, 2.05) is 0 Å². The molecule has 1 saturated carbocycles. The number of hydrogen-bond donors (Lipinski definition) is 1. The van der Waals surface area contributed by atoms with Gasteiger partial charge in [0.2, 0.25) is 0 Å². The van der Waals surface area contributed by atoms with Gasteiger partial charge in [0.25, 0.3) is 0 Å². The first kappa shape index (κ1) is 8.49.